The Labute approximate surface area is 138 Å². The van der Waals surface area contributed by atoms with E-state index in [2.05, 4.69) is 10.3 Å². The molecule has 4 aromatic rings. The molecule has 5 nitrogen and oxygen atoms in total. The van der Waals surface area contributed by atoms with Crippen molar-refractivity contribution in [3.05, 3.63) is 59.9 Å². The highest BCUT2D eigenvalue weighted by atomic mass is 16.4. The van der Waals surface area contributed by atoms with Gasteiger partial charge in [0.15, 0.2) is 17.2 Å². The lowest BCUT2D eigenvalue weighted by atomic mass is 10.1. The fraction of sp³-hybridized carbons (Fsp3) is 0.158. The molecule has 0 unspecified atom stereocenters. The number of anilines is 1. The van der Waals surface area contributed by atoms with Crippen molar-refractivity contribution >= 4 is 33.5 Å². The summed E-state index contributed by atoms with van der Waals surface area (Å²) in [4.78, 5) is 16.9. The molecule has 2 aromatic heterocycles. The Bertz CT molecular complexity index is 1060. The van der Waals surface area contributed by atoms with E-state index in [0.717, 1.165) is 28.5 Å². The molecule has 0 aliphatic rings. The molecule has 5 heteroatoms. The van der Waals surface area contributed by atoms with Gasteiger partial charge in [-0.05, 0) is 12.1 Å². The van der Waals surface area contributed by atoms with E-state index >= 15 is 0 Å². The topological polar surface area (TPSA) is 68.3 Å². The predicted molar refractivity (Wildman–Crippen MR) is 92.3 cm³/mol. The summed E-state index contributed by atoms with van der Waals surface area (Å²) in [7, 11) is 0. The molecule has 0 fully saturated rings. The van der Waals surface area contributed by atoms with Gasteiger partial charge in [0, 0.05) is 35.9 Å². The maximum atomic E-state index is 12.6. The van der Waals surface area contributed by atoms with Crippen LogP contribution in [0.2, 0.25) is 0 Å². The summed E-state index contributed by atoms with van der Waals surface area (Å²) >= 11 is 0. The Morgan fingerprint density at radius 1 is 1.12 bits per heavy atom. The van der Waals surface area contributed by atoms with Crippen molar-refractivity contribution in [1.29, 1.82) is 0 Å². The third-order valence-electron chi connectivity index (χ3n) is 3.98. The Hall–Kier alpha value is -3.08. The Kier molecular flexibility index (Phi) is 3.34. The molecular weight excluding hydrogens is 304 g/mol. The van der Waals surface area contributed by atoms with E-state index in [1.165, 1.54) is 0 Å². The van der Waals surface area contributed by atoms with E-state index in [1.54, 1.807) is 19.1 Å². The number of carbonyl (C=O) groups excluding carboxylic acids is 1. The summed E-state index contributed by atoms with van der Waals surface area (Å²) < 4.78 is 11.3. The molecule has 0 aliphatic carbocycles. The fourth-order valence-corrected chi connectivity index (χ4v) is 2.89. The number of fused-ring (bicyclic) bond motifs is 2. The fourth-order valence-electron chi connectivity index (χ4n) is 2.89. The normalized spacial score (nSPS) is 11.2. The van der Waals surface area contributed by atoms with E-state index in [0.29, 0.717) is 22.9 Å². The first-order valence-electron chi connectivity index (χ1n) is 7.84. The zero-order valence-corrected chi connectivity index (χ0v) is 13.4. The van der Waals surface area contributed by atoms with E-state index in [9.17, 15) is 4.79 Å². The molecule has 2 aromatic carbocycles. The van der Waals surface area contributed by atoms with Crippen molar-refractivity contribution in [2.24, 2.45) is 0 Å². The second kappa shape index (κ2) is 5.53. The van der Waals surface area contributed by atoms with E-state index in [4.69, 9.17) is 8.83 Å². The quantitative estimate of drug-likeness (QED) is 0.594. The third kappa shape index (κ3) is 2.34. The molecule has 4 rings (SSSR count). The van der Waals surface area contributed by atoms with Gasteiger partial charge in [0.05, 0.1) is 0 Å². The van der Waals surface area contributed by atoms with Gasteiger partial charge in [-0.25, -0.2) is 4.98 Å². The predicted octanol–water partition coefficient (Wildman–Crippen LogP) is 4.70. The number of nitrogens with one attached hydrogen (secondary N) is 1. The highest BCUT2D eigenvalue weighted by Gasteiger charge is 2.18. The van der Waals surface area contributed by atoms with Crippen LogP contribution in [0.15, 0.2) is 51.3 Å². The first-order valence-corrected chi connectivity index (χ1v) is 7.84. The van der Waals surface area contributed by atoms with Gasteiger partial charge in [-0.1, -0.05) is 31.2 Å². The molecule has 1 N–H and O–H groups in total. The first-order chi connectivity index (χ1) is 11.7. The number of hydrogen-bond donors (Lipinski definition) is 1. The Morgan fingerprint density at radius 3 is 2.71 bits per heavy atom. The molecule has 1 amide bonds. The number of furan rings is 1. The van der Waals surface area contributed by atoms with Crippen LogP contribution in [-0.2, 0) is 6.42 Å². The SMILES string of the molecule is CCc1oc(C(=O)Nc2ccc3nc(C)oc3c2)c2ccccc12. The van der Waals surface area contributed by atoms with Crippen molar-refractivity contribution in [2.45, 2.75) is 20.3 Å². The molecule has 0 radical (unpaired) electrons. The summed E-state index contributed by atoms with van der Waals surface area (Å²) in [5.74, 6) is 1.47. The summed E-state index contributed by atoms with van der Waals surface area (Å²) in [5, 5.41) is 4.67. The van der Waals surface area contributed by atoms with Crippen molar-refractivity contribution in [1.82, 2.24) is 4.98 Å². The number of aryl methyl sites for hydroxylation is 2. The van der Waals surface area contributed by atoms with Gasteiger partial charge in [0.25, 0.3) is 5.91 Å². The van der Waals surface area contributed by atoms with Gasteiger partial charge in [-0.15, -0.1) is 0 Å². The molecule has 0 saturated heterocycles. The summed E-state index contributed by atoms with van der Waals surface area (Å²) in [5.41, 5.74) is 2.05. The van der Waals surface area contributed by atoms with Gasteiger partial charge in [0.1, 0.15) is 11.3 Å². The van der Waals surface area contributed by atoms with E-state index in [-0.39, 0.29) is 5.91 Å². The number of carbonyl (C=O) groups is 1. The molecule has 0 aliphatic heterocycles. The number of oxazole rings is 1. The zero-order valence-electron chi connectivity index (χ0n) is 13.4. The second-order valence-electron chi connectivity index (χ2n) is 5.62. The van der Waals surface area contributed by atoms with Crippen LogP contribution in [0.4, 0.5) is 5.69 Å². The van der Waals surface area contributed by atoms with Crippen LogP contribution in [0.3, 0.4) is 0 Å². The second-order valence-corrected chi connectivity index (χ2v) is 5.62. The Balaban J connectivity index is 1.70. The molecule has 0 spiro atoms. The number of amides is 1. The number of hydrogen-bond acceptors (Lipinski definition) is 4. The van der Waals surface area contributed by atoms with Crippen LogP contribution in [0.25, 0.3) is 21.9 Å². The van der Waals surface area contributed by atoms with Crippen molar-refractivity contribution < 1.29 is 13.6 Å². The van der Waals surface area contributed by atoms with Crippen LogP contribution in [0, 0.1) is 6.92 Å². The molecule has 0 atom stereocenters. The van der Waals surface area contributed by atoms with Crippen molar-refractivity contribution in [3.63, 3.8) is 0 Å². The van der Waals surface area contributed by atoms with Crippen LogP contribution in [-0.4, -0.2) is 10.9 Å². The molecule has 120 valence electrons. The van der Waals surface area contributed by atoms with Gasteiger partial charge < -0.3 is 14.2 Å². The van der Waals surface area contributed by atoms with Crippen LogP contribution in [0.5, 0.6) is 0 Å². The third-order valence-corrected chi connectivity index (χ3v) is 3.98. The zero-order chi connectivity index (χ0) is 16.7. The van der Waals surface area contributed by atoms with Gasteiger partial charge in [0.2, 0.25) is 0 Å². The molecule has 0 bridgehead atoms. The molecule has 24 heavy (non-hydrogen) atoms. The van der Waals surface area contributed by atoms with Gasteiger partial charge >= 0.3 is 0 Å². The monoisotopic (exact) mass is 320 g/mol. The van der Waals surface area contributed by atoms with Crippen molar-refractivity contribution in [2.75, 3.05) is 5.32 Å². The minimum atomic E-state index is -0.276. The van der Waals surface area contributed by atoms with Crippen LogP contribution in [0.1, 0.15) is 29.1 Å². The summed E-state index contributed by atoms with van der Waals surface area (Å²) in [6.45, 7) is 3.80. The standard InChI is InChI=1S/C19H16N2O3/c1-3-16-13-6-4-5-7-14(13)18(24-16)19(22)21-12-8-9-15-17(10-12)23-11(2)20-15/h4-10H,3H2,1-2H3,(H,21,22). The summed E-state index contributed by atoms with van der Waals surface area (Å²) in [6, 6.07) is 13.1. The average Bonchev–Trinajstić information content (AvgIpc) is 3.13. The maximum Gasteiger partial charge on any atom is 0.292 e. The lowest BCUT2D eigenvalue weighted by Gasteiger charge is -2.03. The number of nitrogens with zero attached hydrogens (tertiary/aromatic N) is 1. The van der Waals surface area contributed by atoms with Crippen LogP contribution < -0.4 is 5.32 Å². The lowest BCUT2D eigenvalue weighted by Crippen LogP contribution is -2.11. The number of rotatable bonds is 3. The van der Waals surface area contributed by atoms with Gasteiger partial charge in [-0.2, -0.15) is 0 Å². The highest BCUT2D eigenvalue weighted by molar-refractivity contribution is 6.11. The van der Waals surface area contributed by atoms with E-state index in [1.807, 2.05) is 37.3 Å². The maximum absolute atomic E-state index is 12.6. The minimum Gasteiger partial charge on any atom is -0.455 e. The number of aromatic nitrogens is 1. The largest absolute Gasteiger partial charge is 0.455 e. The smallest absolute Gasteiger partial charge is 0.292 e. The highest BCUT2D eigenvalue weighted by Crippen LogP contribution is 2.27. The average molecular weight is 320 g/mol. The molecular formula is C19H16N2O3. The molecule has 2 heterocycles. The number of benzene rings is 2. The lowest BCUT2D eigenvalue weighted by molar-refractivity contribution is 0.0997. The van der Waals surface area contributed by atoms with Gasteiger partial charge in [-0.3, -0.25) is 4.79 Å². The Morgan fingerprint density at radius 2 is 1.92 bits per heavy atom. The van der Waals surface area contributed by atoms with E-state index < -0.39 is 0 Å². The van der Waals surface area contributed by atoms with Crippen molar-refractivity contribution in [3.8, 4) is 0 Å². The first kappa shape index (κ1) is 14.5. The summed E-state index contributed by atoms with van der Waals surface area (Å²) in [6.07, 6.45) is 0.733. The minimum absolute atomic E-state index is 0.276. The molecule has 0 saturated carbocycles. The van der Waals surface area contributed by atoms with Crippen LogP contribution >= 0.6 is 0 Å².